The maximum Gasteiger partial charge on any atom is 0.318 e. The van der Waals surface area contributed by atoms with Gasteiger partial charge in [0.15, 0.2) is 0 Å². The molecule has 2 aliphatic rings. The van der Waals surface area contributed by atoms with Crippen LogP contribution < -0.4 is 10.2 Å². The third kappa shape index (κ3) is 2.41. The van der Waals surface area contributed by atoms with Crippen LogP contribution in [0.25, 0.3) is 0 Å². The number of aliphatic hydroxyl groups excluding tert-OH is 2. The molecule has 2 fully saturated rings. The van der Waals surface area contributed by atoms with Gasteiger partial charge in [-0.15, -0.1) is 5.10 Å². The Balaban J connectivity index is 1.59. The zero-order valence-corrected chi connectivity index (χ0v) is 9.41. The molecule has 7 nitrogen and oxygen atoms in total. The fraction of sp³-hybridized carbons (Fsp3) is 0.800. The third-order valence-corrected chi connectivity index (χ3v) is 3.11. The second kappa shape index (κ2) is 4.25. The van der Waals surface area contributed by atoms with Crippen molar-refractivity contribution in [3.8, 4) is 0 Å². The van der Waals surface area contributed by atoms with E-state index in [1.165, 1.54) is 12.8 Å². The zero-order valence-electron chi connectivity index (χ0n) is 9.41. The van der Waals surface area contributed by atoms with E-state index in [0.29, 0.717) is 37.6 Å². The highest BCUT2D eigenvalue weighted by atomic mass is 16.4. The number of hydrogen-bond donors (Lipinski definition) is 3. The van der Waals surface area contributed by atoms with E-state index in [1.54, 1.807) is 4.90 Å². The van der Waals surface area contributed by atoms with E-state index >= 15 is 0 Å². The molecule has 7 heteroatoms. The first-order chi connectivity index (χ1) is 8.22. The molecule has 0 spiro atoms. The van der Waals surface area contributed by atoms with E-state index < -0.39 is 12.2 Å². The Labute approximate surface area is 98.4 Å². The Hall–Kier alpha value is -1.18. The average Bonchev–Trinajstić information content (AvgIpc) is 2.92. The van der Waals surface area contributed by atoms with E-state index in [9.17, 15) is 10.2 Å². The maximum atomic E-state index is 9.43. The van der Waals surface area contributed by atoms with Crippen molar-refractivity contribution in [3.05, 3.63) is 5.89 Å². The van der Waals surface area contributed by atoms with Gasteiger partial charge in [-0.1, -0.05) is 5.10 Å². The summed E-state index contributed by atoms with van der Waals surface area (Å²) in [5.74, 6) is 0.544. The van der Waals surface area contributed by atoms with Crippen LogP contribution in [-0.4, -0.2) is 51.7 Å². The molecule has 2 unspecified atom stereocenters. The predicted molar refractivity (Wildman–Crippen MR) is 58.4 cm³/mol. The summed E-state index contributed by atoms with van der Waals surface area (Å²) in [6.07, 6.45) is 0.946. The number of nitrogens with one attached hydrogen (secondary N) is 1. The van der Waals surface area contributed by atoms with Crippen LogP contribution in [0.2, 0.25) is 0 Å². The maximum absolute atomic E-state index is 9.43. The van der Waals surface area contributed by atoms with Crippen molar-refractivity contribution in [2.75, 3.05) is 18.0 Å². The smallest absolute Gasteiger partial charge is 0.318 e. The zero-order chi connectivity index (χ0) is 11.8. The van der Waals surface area contributed by atoms with Crippen molar-refractivity contribution in [1.82, 2.24) is 15.5 Å². The lowest BCUT2D eigenvalue weighted by Crippen LogP contribution is -2.22. The molecule has 0 aromatic carbocycles. The Kier molecular flexibility index (Phi) is 2.73. The molecule has 1 aromatic rings. The van der Waals surface area contributed by atoms with E-state index in [0.717, 1.165) is 0 Å². The van der Waals surface area contributed by atoms with Crippen LogP contribution >= 0.6 is 0 Å². The average molecular weight is 240 g/mol. The fourth-order valence-corrected chi connectivity index (χ4v) is 1.89. The van der Waals surface area contributed by atoms with E-state index in [1.807, 2.05) is 0 Å². The second-order valence-electron chi connectivity index (χ2n) is 4.67. The van der Waals surface area contributed by atoms with Crippen LogP contribution in [0.4, 0.5) is 6.01 Å². The first-order valence-electron chi connectivity index (χ1n) is 5.89. The van der Waals surface area contributed by atoms with Crippen molar-refractivity contribution in [2.45, 2.75) is 37.6 Å². The van der Waals surface area contributed by atoms with Crippen LogP contribution in [0, 0.1) is 0 Å². The molecule has 0 bridgehead atoms. The lowest BCUT2D eigenvalue weighted by atomic mass is 10.3. The highest BCUT2D eigenvalue weighted by molar-refractivity contribution is 5.28. The SMILES string of the molecule is OC1CN(c2nnc(CNC3CC3)o2)CC1O. The summed E-state index contributed by atoms with van der Waals surface area (Å²) in [5, 5.41) is 30.0. The number of aromatic nitrogens is 2. The standard InChI is InChI=1S/C10H16N4O3/c15-7-4-14(5-8(7)16)10-13-12-9(17-10)3-11-6-1-2-6/h6-8,11,15-16H,1-5H2. The largest absolute Gasteiger partial charge is 0.407 e. The number of hydrogen-bond acceptors (Lipinski definition) is 7. The predicted octanol–water partition coefficient (Wildman–Crippen LogP) is -1.14. The third-order valence-electron chi connectivity index (χ3n) is 3.11. The van der Waals surface area contributed by atoms with Gasteiger partial charge in [-0.3, -0.25) is 0 Å². The van der Waals surface area contributed by atoms with Crippen molar-refractivity contribution in [1.29, 1.82) is 0 Å². The molecule has 1 saturated carbocycles. The molecule has 17 heavy (non-hydrogen) atoms. The van der Waals surface area contributed by atoms with Gasteiger partial charge in [-0.05, 0) is 12.8 Å². The highest BCUT2D eigenvalue weighted by Gasteiger charge is 2.32. The first-order valence-corrected chi connectivity index (χ1v) is 5.89. The lowest BCUT2D eigenvalue weighted by Gasteiger charge is -2.10. The molecule has 0 radical (unpaired) electrons. The molecular weight excluding hydrogens is 224 g/mol. The minimum absolute atomic E-state index is 0.332. The number of aliphatic hydroxyl groups is 2. The number of β-amino-alcohol motifs (C(OH)–C–C–N with tert-alkyl or cyclic N) is 2. The number of nitrogens with zero attached hydrogens (tertiary/aromatic N) is 3. The summed E-state index contributed by atoms with van der Waals surface area (Å²) in [6.45, 7) is 1.24. The van der Waals surface area contributed by atoms with Crippen LogP contribution in [0.1, 0.15) is 18.7 Å². The minimum Gasteiger partial charge on any atom is -0.407 e. The van der Waals surface area contributed by atoms with Crippen molar-refractivity contribution in [2.24, 2.45) is 0 Å². The van der Waals surface area contributed by atoms with Crippen molar-refractivity contribution < 1.29 is 14.6 Å². The Morgan fingerprint density at radius 1 is 1.24 bits per heavy atom. The molecule has 1 saturated heterocycles. The Bertz CT molecular complexity index is 383. The molecule has 1 aromatic heterocycles. The van der Waals surface area contributed by atoms with Gasteiger partial charge in [0.05, 0.1) is 31.8 Å². The van der Waals surface area contributed by atoms with Crippen LogP contribution in [-0.2, 0) is 6.54 Å². The number of rotatable bonds is 4. The van der Waals surface area contributed by atoms with Crippen LogP contribution in [0.15, 0.2) is 4.42 Å². The van der Waals surface area contributed by atoms with Crippen molar-refractivity contribution >= 4 is 6.01 Å². The number of anilines is 1. The lowest BCUT2D eigenvalue weighted by molar-refractivity contribution is 0.0572. The Morgan fingerprint density at radius 2 is 1.94 bits per heavy atom. The molecule has 2 heterocycles. The molecule has 1 aliphatic heterocycles. The topological polar surface area (TPSA) is 94.7 Å². The fourth-order valence-electron chi connectivity index (χ4n) is 1.89. The normalized spacial score (nSPS) is 28.9. The summed E-state index contributed by atoms with van der Waals surface area (Å²) in [4.78, 5) is 1.70. The van der Waals surface area contributed by atoms with Crippen LogP contribution in [0.5, 0.6) is 0 Å². The summed E-state index contributed by atoms with van der Waals surface area (Å²) in [7, 11) is 0. The summed E-state index contributed by atoms with van der Waals surface area (Å²) in [5.41, 5.74) is 0. The van der Waals surface area contributed by atoms with E-state index in [4.69, 9.17) is 4.42 Å². The van der Waals surface area contributed by atoms with Gasteiger partial charge in [0.2, 0.25) is 5.89 Å². The molecule has 3 rings (SSSR count). The van der Waals surface area contributed by atoms with Gasteiger partial charge < -0.3 is 24.8 Å². The summed E-state index contributed by atoms with van der Waals surface area (Å²) >= 11 is 0. The van der Waals surface area contributed by atoms with Gasteiger partial charge in [0.25, 0.3) is 0 Å². The van der Waals surface area contributed by atoms with E-state index in [2.05, 4.69) is 15.5 Å². The second-order valence-corrected chi connectivity index (χ2v) is 4.67. The molecule has 2 atom stereocenters. The van der Waals surface area contributed by atoms with E-state index in [-0.39, 0.29) is 0 Å². The molecule has 3 N–H and O–H groups in total. The van der Waals surface area contributed by atoms with Gasteiger partial charge >= 0.3 is 6.01 Å². The Morgan fingerprint density at radius 3 is 2.59 bits per heavy atom. The molecule has 1 aliphatic carbocycles. The van der Waals surface area contributed by atoms with Gasteiger partial charge in [-0.2, -0.15) is 0 Å². The van der Waals surface area contributed by atoms with Crippen molar-refractivity contribution in [3.63, 3.8) is 0 Å². The summed E-state index contributed by atoms with van der Waals surface area (Å²) < 4.78 is 5.46. The van der Waals surface area contributed by atoms with Gasteiger partial charge in [0, 0.05) is 6.04 Å². The highest BCUT2D eigenvalue weighted by Crippen LogP contribution is 2.21. The summed E-state index contributed by atoms with van der Waals surface area (Å²) in [6, 6.07) is 0.967. The van der Waals surface area contributed by atoms with Gasteiger partial charge in [0.1, 0.15) is 0 Å². The molecule has 94 valence electrons. The first kappa shape index (κ1) is 10.9. The monoisotopic (exact) mass is 240 g/mol. The quantitative estimate of drug-likeness (QED) is 0.612. The molecule has 0 amide bonds. The van der Waals surface area contributed by atoms with Gasteiger partial charge in [-0.25, -0.2) is 0 Å². The molecular formula is C10H16N4O3. The van der Waals surface area contributed by atoms with Crippen LogP contribution in [0.3, 0.4) is 0 Å². The minimum atomic E-state index is -0.741.